The number of nitro groups is 1. The average Bonchev–Trinajstić information content (AvgIpc) is 2.14. The average molecular weight is 209 g/mol. The van der Waals surface area contributed by atoms with Crippen LogP contribution in [0.2, 0.25) is 0 Å². The van der Waals surface area contributed by atoms with Crippen LogP contribution in [0.1, 0.15) is 5.56 Å². The maximum absolute atomic E-state index is 10.3. The number of aliphatic carboxylic acids is 1. The molecular formula is C9H7NO5. The Bertz CT molecular complexity index is 438. The minimum atomic E-state index is -1.13. The maximum atomic E-state index is 10.3. The van der Waals surface area contributed by atoms with Crippen molar-refractivity contribution < 1.29 is 19.9 Å². The molecule has 6 heteroatoms. The van der Waals surface area contributed by atoms with Crippen molar-refractivity contribution in [3.63, 3.8) is 0 Å². The Kier molecular flexibility index (Phi) is 3.02. The molecule has 0 aromatic heterocycles. The topological polar surface area (TPSA) is 101 Å². The highest BCUT2D eigenvalue weighted by Gasteiger charge is 2.11. The number of carboxylic acid groups (broad SMARTS) is 1. The minimum Gasteiger partial charge on any atom is -0.502 e. The molecule has 78 valence electrons. The monoisotopic (exact) mass is 209 g/mol. The van der Waals surface area contributed by atoms with Gasteiger partial charge in [0.15, 0.2) is 5.75 Å². The summed E-state index contributed by atoms with van der Waals surface area (Å²) in [7, 11) is 0. The molecule has 0 fully saturated rings. The van der Waals surface area contributed by atoms with E-state index in [4.69, 9.17) is 5.11 Å². The van der Waals surface area contributed by atoms with Crippen molar-refractivity contribution >= 4 is 17.7 Å². The molecule has 0 atom stereocenters. The van der Waals surface area contributed by atoms with Gasteiger partial charge in [-0.15, -0.1) is 0 Å². The molecule has 6 nitrogen and oxygen atoms in total. The van der Waals surface area contributed by atoms with Gasteiger partial charge < -0.3 is 10.2 Å². The summed E-state index contributed by atoms with van der Waals surface area (Å²) in [6.45, 7) is 0. The Morgan fingerprint density at radius 3 is 2.60 bits per heavy atom. The molecule has 0 heterocycles. The maximum Gasteiger partial charge on any atom is 0.328 e. The molecule has 0 radical (unpaired) electrons. The summed E-state index contributed by atoms with van der Waals surface area (Å²) in [5.74, 6) is -1.62. The number of hydrogen-bond acceptors (Lipinski definition) is 4. The standard InChI is InChI=1S/C9H7NO5/c11-8-5-6(2-4-9(12)13)1-3-7(8)10(14)15/h1-5,11H,(H,12,13). The van der Waals surface area contributed by atoms with Crippen molar-refractivity contribution in [2.75, 3.05) is 0 Å². The number of nitro benzene ring substituents is 1. The number of hydrogen-bond donors (Lipinski definition) is 2. The third-order valence-electron chi connectivity index (χ3n) is 1.61. The SMILES string of the molecule is O=C(O)C=Cc1ccc([N+](=O)[O-])c(O)c1. The Morgan fingerprint density at radius 1 is 1.47 bits per heavy atom. The lowest BCUT2D eigenvalue weighted by Crippen LogP contribution is -1.89. The fourth-order valence-corrected chi connectivity index (χ4v) is 0.966. The van der Waals surface area contributed by atoms with Gasteiger partial charge in [-0.3, -0.25) is 10.1 Å². The van der Waals surface area contributed by atoms with E-state index in [0.29, 0.717) is 5.56 Å². The summed E-state index contributed by atoms with van der Waals surface area (Å²) in [6.07, 6.45) is 2.10. The zero-order chi connectivity index (χ0) is 11.4. The van der Waals surface area contributed by atoms with Gasteiger partial charge >= 0.3 is 11.7 Å². The van der Waals surface area contributed by atoms with E-state index in [2.05, 4.69) is 0 Å². The van der Waals surface area contributed by atoms with Gasteiger partial charge in [-0.05, 0) is 23.8 Å². The van der Waals surface area contributed by atoms with Gasteiger partial charge in [0.25, 0.3) is 0 Å². The number of phenols is 1. The first-order chi connectivity index (χ1) is 7.00. The molecule has 0 bridgehead atoms. The van der Waals surface area contributed by atoms with Gasteiger partial charge in [-0.1, -0.05) is 0 Å². The zero-order valence-electron chi connectivity index (χ0n) is 7.45. The van der Waals surface area contributed by atoms with Crippen LogP contribution < -0.4 is 0 Å². The molecule has 0 amide bonds. The first-order valence-electron chi connectivity index (χ1n) is 3.89. The number of carboxylic acids is 1. The summed E-state index contributed by atoms with van der Waals surface area (Å²) < 4.78 is 0. The van der Waals surface area contributed by atoms with Crippen LogP contribution in [0.3, 0.4) is 0 Å². The summed E-state index contributed by atoms with van der Waals surface area (Å²) in [5, 5.41) is 27.9. The van der Waals surface area contributed by atoms with Crippen molar-refractivity contribution in [1.82, 2.24) is 0 Å². The minimum absolute atomic E-state index is 0.375. The van der Waals surface area contributed by atoms with E-state index in [0.717, 1.165) is 18.2 Å². The second-order valence-corrected chi connectivity index (χ2v) is 2.68. The van der Waals surface area contributed by atoms with E-state index in [1.807, 2.05) is 0 Å². The van der Waals surface area contributed by atoms with E-state index >= 15 is 0 Å². The number of benzene rings is 1. The van der Waals surface area contributed by atoms with Crippen molar-refractivity contribution in [3.05, 3.63) is 40.0 Å². The largest absolute Gasteiger partial charge is 0.502 e. The molecule has 1 rings (SSSR count). The summed E-state index contributed by atoms with van der Waals surface area (Å²) >= 11 is 0. The highest BCUT2D eigenvalue weighted by Crippen LogP contribution is 2.26. The molecule has 0 unspecified atom stereocenters. The van der Waals surface area contributed by atoms with Crippen LogP contribution in [0.5, 0.6) is 5.75 Å². The summed E-state index contributed by atoms with van der Waals surface area (Å²) in [5.41, 5.74) is -0.0389. The van der Waals surface area contributed by atoms with Crippen molar-refractivity contribution in [2.45, 2.75) is 0 Å². The van der Waals surface area contributed by atoms with Gasteiger partial charge in [0, 0.05) is 12.1 Å². The number of nitrogens with zero attached hydrogens (tertiary/aromatic N) is 1. The molecule has 0 aliphatic rings. The lowest BCUT2D eigenvalue weighted by atomic mass is 10.2. The number of rotatable bonds is 3. The fraction of sp³-hybridized carbons (Fsp3) is 0. The van der Waals surface area contributed by atoms with E-state index < -0.39 is 22.3 Å². The Balaban J connectivity index is 3.01. The van der Waals surface area contributed by atoms with E-state index in [1.165, 1.54) is 12.1 Å². The first-order valence-corrected chi connectivity index (χ1v) is 3.89. The lowest BCUT2D eigenvalue weighted by Gasteiger charge is -1.96. The van der Waals surface area contributed by atoms with Gasteiger partial charge in [0.05, 0.1) is 4.92 Å². The molecule has 0 spiro atoms. The van der Waals surface area contributed by atoms with Crippen LogP contribution in [0.25, 0.3) is 6.08 Å². The molecule has 15 heavy (non-hydrogen) atoms. The number of aromatic hydroxyl groups is 1. The summed E-state index contributed by atoms with van der Waals surface area (Å²) in [4.78, 5) is 19.8. The van der Waals surface area contributed by atoms with Gasteiger partial charge in [-0.2, -0.15) is 0 Å². The number of phenolic OH excluding ortho intramolecular Hbond substituents is 1. The van der Waals surface area contributed by atoms with Crippen LogP contribution in [-0.4, -0.2) is 21.1 Å². The predicted molar refractivity (Wildman–Crippen MR) is 51.4 cm³/mol. The molecular weight excluding hydrogens is 202 g/mol. The predicted octanol–water partition coefficient (Wildman–Crippen LogP) is 1.40. The highest BCUT2D eigenvalue weighted by atomic mass is 16.6. The molecule has 1 aromatic carbocycles. The number of carbonyl (C=O) groups is 1. The zero-order valence-corrected chi connectivity index (χ0v) is 7.45. The normalized spacial score (nSPS) is 10.4. The first kappa shape index (κ1) is 10.7. The molecule has 0 aliphatic carbocycles. The fourth-order valence-electron chi connectivity index (χ4n) is 0.966. The van der Waals surface area contributed by atoms with Crippen LogP contribution in [0, 0.1) is 10.1 Å². The van der Waals surface area contributed by atoms with E-state index in [1.54, 1.807) is 0 Å². The molecule has 0 aliphatic heterocycles. The van der Waals surface area contributed by atoms with Crippen LogP contribution >= 0.6 is 0 Å². The van der Waals surface area contributed by atoms with Crippen molar-refractivity contribution in [3.8, 4) is 5.75 Å². The van der Waals surface area contributed by atoms with E-state index in [9.17, 15) is 20.0 Å². The second-order valence-electron chi connectivity index (χ2n) is 2.68. The van der Waals surface area contributed by atoms with Crippen molar-refractivity contribution in [1.29, 1.82) is 0 Å². The summed E-state index contributed by atoms with van der Waals surface area (Å²) in [6, 6.07) is 3.58. The highest BCUT2D eigenvalue weighted by molar-refractivity contribution is 5.85. The quantitative estimate of drug-likeness (QED) is 0.445. The van der Waals surface area contributed by atoms with Gasteiger partial charge in [-0.25, -0.2) is 4.79 Å². The van der Waals surface area contributed by atoms with Crippen LogP contribution in [0.15, 0.2) is 24.3 Å². The molecule has 0 saturated heterocycles. The van der Waals surface area contributed by atoms with Crippen LogP contribution in [-0.2, 0) is 4.79 Å². The molecule has 2 N–H and O–H groups in total. The van der Waals surface area contributed by atoms with E-state index in [-0.39, 0.29) is 0 Å². The molecule has 0 saturated carbocycles. The van der Waals surface area contributed by atoms with Crippen LogP contribution in [0.4, 0.5) is 5.69 Å². The Labute approximate surface area is 84.2 Å². The van der Waals surface area contributed by atoms with Crippen molar-refractivity contribution in [2.24, 2.45) is 0 Å². The van der Waals surface area contributed by atoms with Gasteiger partial charge in [0.2, 0.25) is 0 Å². The third-order valence-corrected chi connectivity index (χ3v) is 1.61. The molecule has 1 aromatic rings. The second kappa shape index (κ2) is 4.23. The lowest BCUT2D eigenvalue weighted by molar-refractivity contribution is -0.385. The Morgan fingerprint density at radius 2 is 2.13 bits per heavy atom. The van der Waals surface area contributed by atoms with Gasteiger partial charge in [0.1, 0.15) is 0 Å². The third kappa shape index (κ3) is 2.80. The Hall–Kier alpha value is -2.37. The smallest absolute Gasteiger partial charge is 0.328 e.